The molecule has 0 aliphatic rings. The second-order valence-electron chi connectivity index (χ2n) is 2.91. The molecule has 0 radical (unpaired) electrons. The highest BCUT2D eigenvalue weighted by Gasteiger charge is 2.18. The van der Waals surface area contributed by atoms with Gasteiger partial charge < -0.3 is 14.6 Å². The number of methoxy groups -OCH3 is 1. The van der Waals surface area contributed by atoms with Gasteiger partial charge >= 0.3 is 0 Å². The van der Waals surface area contributed by atoms with Crippen molar-refractivity contribution in [3.05, 3.63) is 23.3 Å². The van der Waals surface area contributed by atoms with Crippen molar-refractivity contribution in [2.45, 2.75) is 12.8 Å². The lowest BCUT2D eigenvalue weighted by molar-refractivity contribution is -0.107. The van der Waals surface area contributed by atoms with E-state index >= 15 is 0 Å². The molecule has 0 bridgehead atoms. The Morgan fingerprint density at radius 3 is 2.67 bits per heavy atom. The fraction of sp³-hybridized carbons (Fsp3) is 0.300. The predicted octanol–water partition coefficient (Wildman–Crippen LogP) is 1.81. The van der Waals surface area contributed by atoms with Gasteiger partial charge in [-0.25, -0.2) is 8.78 Å². The first-order valence-electron chi connectivity index (χ1n) is 4.29. The lowest BCUT2D eigenvalue weighted by Crippen LogP contribution is -1.98. The van der Waals surface area contributed by atoms with Crippen molar-refractivity contribution < 1.29 is 23.4 Å². The molecule has 82 valence electrons. The van der Waals surface area contributed by atoms with Gasteiger partial charge in [0.25, 0.3) is 0 Å². The van der Waals surface area contributed by atoms with E-state index in [1.165, 1.54) is 7.11 Å². The van der Waals surface area contributed by atoms with Crippen molar-refractivity contribution in [3.63, 3.8) is 0 Å². The molecule has 5 heteroatoms. The Kier molecular flexibility index (Phi) is 3.60. The van der Waals surface area contributed by atoms with Gasteiger partial charge in [0, 0.05) is 18.1 Å². The normalized spacial score (nSPS) is 10.1. The van der Waals surface area contributed by atoms with E-state index in [0.29, 0.717) is 12.4 Å². The number of hydrogen-bond acceptors (Lipinski definition) is 3. The van der Waals surface area contributed by atoms with Crippen molar-refractivity contribution in [1.82, 2.24) is 0 Å². The van der Waals surface area contributed by atoms with Crippen molar-refractivity contribution in [2.75, 3.05) is 7.11 Å². The maximum absolute atomic E-state index is 13.2. The molecular formula is C10H10F2O3. The minimum Gasteiger partial charge on any atom is -0.504 e. The fourth-order valence-corrected chi connectivity index (χ4v) is 1.26. The Bertz CT molecular complexity index is 377. The first kappa shape index (κ1) is 11.4. The van der Waals surface area contributed by atoms with Gasteiger partial charge in [-0.15, -0.1) is 0 Å². The van der Waals surface area contributed by atoms with Gasteiger partial charge in [0.1, 0.15) is 12.1 Å². The number of halogens is 2. The third-order valence-electron chi connectivity index (χ3n) is 1.98. The van der Waals surface area contributed by atoms with Crippen LogP contribution in [0.3, 0.4) is 0 Å². The van der Waals surface area contributed by atoms with Crippen molar-refractivity contribution in [2.24, 2.45) is 0 Å². The van der Waals surface area contributed by atoms with Crippen LogP contribution in [0.25, 0.3) is 0 Å². The summed E-state index contributed by atoms with van der Waals surface area (Å²) in [5.74, 6) is -2.84. The third-order valence-corrected chi connectivity index (χ3v) is 1.98. The summed E-state index contributed by atoms with van der Waals surface area (Å²) in [6.07, 6.45) is 0.659. The number of aldehydes is 1. The maximum atomic E-state index is 13.2. The largest absolute Gasteiger partial charge is 0.504 e. The van der Waals surface area contributed by atoms with Crippen LogP contribution >= 0.6 is 0 Å². The molecule has 0 heterocycles. The summed E-state index contributed by atoms with van der Waals surface area (Å²) in [6, 6.07) is 0.624. The second kappa shape index (κ2) is 4.72. The van der Waals surface area contributed by atoms with E-state index in [1.807, 2.05) is 0 Å². The summed E-state index contributed by atoms with van der Waals surface area (Å²) in [7, 11) is 1.17. The van der Waals surface area contributed by atoms with Crippen LogP contribution in [-0.2, 0) is 11.2 Å². The highest BCUT2D eigenvalue weighted by atomic mass is 19.1. The SMILES string of the molecule is COc1c(F)cc(F)c(CCC=O)c1O. The average molecular weight is 216 g/mol. The molecule has 0 aliphatic carbocycles. The third kappa shape index (κ3) is 2.23. The molecule has 0 aromatic heterocycles. The molecule has 0 atom stereocenters. The quantitative estimate of drug-likeness (QED) is 0.781. The van der Waals surface area contributed by atoms with Crippen LogP contribution in [0.1, 0.15) is 12.0 Å². The standard InChI is InChI=1S/C10H10F2O3/c1-15-10-8(12)5-7(11)6(9(10)14)3-2-4-13/h4-5,14H,2-3H2,1H3. The molecule has 1 N–H and O–H groups in total. The van der Waals surface area contributed by atoms with Crippen LogP contribution in [0.2, 0.25) is 0 Å². The number of aromatic hydroxyl groups is 1. The molecule has 0 amide bonds. The van der Waals surface area contributed by atoms with E-state index in [4.69, 9.17) is 0 Å². The van der Waals surface area contributed by atoms with E-state index in [-0.39, 0.29) is 18.4 Å². The van der Waals surface area contributed by atoms with Crippen molar-refractivity contribution in [1.29, 1.82) is 0 Å². The lowest BCUT2D eigenvalue weighted by atomic mass is 10.1. The van der Waals surface area contributed by atoms with E-state index in [2.05, 4.69) is 4.74 Å². The van der Waals surface area contributed by atoms with E-state index in [9.17, 15) is 18.7 Å². The number of carbonyl (C=O) groups excluding carboxylic acids is 1. The number of benzene rings is 1. The monoisotopic (exact) mass is 216 g/mol. The Morgan fingerprint density at radius 2 is 2.13 bits per heavy atom. The van der Waals surface area contributed by atoms with Gasteiger partial charge in [-0.2, -0.15) is 0 Å². The van der Waals surface area contributed by atoms with Gasteiger partial charge in [0.05, 0.1) is 7.11 Å². The second-order valence-corrected chi connectivity index (χ2v) is 2.91. The molecule has 0 aliphatic heterocycles. The Labute approximate surface area is 85.3 Å². The van der Waals surface area contributed by atoms with Crippen LogP contribution in [-0.4, -0.2) is 18.5 Å². The molecule has 3 nitrogen and oxygen atoms in total. The predicted molar refractivity (Wildman–Crippen MR) is 49.0 cm³/mol. The summed E-state index contributed by atoms with van der Waals surface area (Å²) in [4.78, 5) is 10.1. The maximum Gasteiger partial charge on any atom is 0.197 e. The van der Waals surface area contributed by atoms with Gasteiger partial charge in [0.2, 0.25) is 0 Å². The average Bonchev–Trinajstić information content (AvgIpc) is 2.17. The van der Waals surface area contributed by atoms with Gasteiger partial charge in [-0.1, -0.05) is 0 Å². The molecule has 15 heavy (non-hydrogen) atoms. The Balaban J connectivity index is 3.19. The highest BCUT2D eigenvalue weighted by Crippen LogP contribution is 2.35. The van der Waals surface area contributed by atoms with Crippen molar-refractivity contribution in [3.8, 4) is 11.5 Å². The molecule has 0 saturated heterocycles. The highest BCUT2D eigenvalue weighted by molar-refractivity contribution is 5.53. The minimum atomic E-state index is -0.970. The summed E-state index contributed by atoms with van der Waals surface area (Å²) in [6.45, 7) is 0. The van der Waals surface area contributed by atoms with Gasteiger partial charge in [-0.3, -0.25) is 0 Å². The molecule has 0 unspecified atom stereocenters. The number of hydrogen-bond donors (Lipinski definition) is 1. The lowest BCUT2D eigenvalue weighted by Gasteiger charge is -2.09. The first-order chi connectivity index (χ1) is 7.11. The van der Waals surface area contributed by atoms with E-state index in [1.54, 1.807) is 0 Å². The van der Waals surface area contributed by atoms with Gasteiger partial charge in [-0.05, 0) is 6.42 Å². The molecule has 1 aromatic carbocycles. The Hall–Kier alpha value is -1.65. The van der Waals surface area contributed by atoms with Crippen LogP contribution in [0, 0.1) is 11.6 Å². The molecule has 0 spiro atoms. The molecule has 0 fully saturated rings. The molecule has 1 aromatic rings. The number of carbonyl (C=O) groups is 1. The molecule has 0 saturated carbocycles. The Morgan fingerprint density at radius 1 is 1.47 bits per heavy atom. The summed E-state index contributed by atoms with van der Waals surface area (Å²) in [5.41, 5.74) is -0.111. The number of ether oxygens (including phenoxy) is 1. The fourth-order valence-electron chi connectivity index (χ4n) is 1.26. The summed E-state index contributed by atoms with van der Waals surface area (Å²) >= 11 is 0. The van der Waals surface area contributed by atoms with Crippen molar-refractivity contribution >= 4 is 6.29 Å². The van der Waals surface area contributed by atoms with Crippen LogP contribution < -0.4 is 4.74 Å². The number of phenols is 1. The zero-order valence-corrected chi connectivity index (χ0v) is 8.09. The first-order valence-corrected chi connectivity index (χ1v) is 4.29. The van der Waals surface area contributed by atoms with Crippen LogP contribution in [0.5, 0.6) is 11.5 Å². The van der Waals surface area contributed by atoms with E-state index in [0.717, 1.165) is 0 Å². The zero-order valence-electron chi connectivity index (χ0n) is 8.09. The smallest absolute Gasteiger partial charge is 0.197 e. The molecule has 1 rings (SSSR count). The summed E-state index contributed by atoms with van der Waals surface area (Å²) in [5, 5.41) is 9.46. The zero-order chi connectivity index (χ0) is 11.4. The van der Waals surface area contributed by atoms with Crippen LogP contribution in [0.15, 0.2) is 6.07 Å². The van der Waals surface area contributed by atoms with Crippen LogP contribution in [0.4, 0.5) is 8.78 Å². The molecular weight excluding hydrogens is 206 g/mol. The number of rotatable bonds is 4. The van der Waals surface area contributed by atoms with E-state index < -0.39 is 23.1 Å². The number of phenolic OH excluding ortho intramolecular Hbond substituents is 1. The van der Waals surface area contributed by atoms with Gasteiger partial charge in [0.15, 0.2) is 17.3 Å². The summed E-state index contributed by atoms with van der Waals surface area (Å²) < 4.78 is 30.8. The minimum absolute atomic E-state index is 0.0117. The topological polar surface area (TPSA) is 46.5 Å².